The van der Waals surface area contributed by atoms with Gasteiger partial charge < -0.3 is 10.1 Å². The smallest absolute Gasteiger partial charge is 0.318 e. The predicted octanol–water partition coefficient (Wildman–Crippen LogP) is 2.52. The second-order valence-electron chi connectivity index (χ2n) is 3.12. The summed E-state index contributed by atoms with van der Waals surface area (Å²) in [5, 5.41) is 3.63. The molecule has 0 saturated heterocycles. The Labute approximate surface area is 94.3 Å². The molecule has 1 rings (SSSR count). The summed E-state index contributed by atoms with van der Waals surface area (Å²) in [5.74, 6) is 0.581. The first-order valence-corrected chi connectivity index (χ1v) is 4.99. The van der Waals surface area contributed by atoms with Crippen LogP contribution in [-0.4, -0.2) is 23.1 Å². The van der Waals surface area contributed by atoms with Crippen LogP contribution in [0.2, 0.25) is 5.02 Å². The number of hydrogen-bond donors (Lipinski definition) is 1. The Balaban J connectivity index is 2.78. The molecule has 1 N–H and O–H groups in total. The van der Waals surface area contributed by atoms with Crippen molar-refractivity contribution in [2.24, 2.45) is 0 Å². The van der Waals surface area contributed by atoms with Crippen LogP contribution in [0.5, 0.6) is 6.01 Å². The van der Waals surface area contributed by atoms with Crippen LogP contribution in [0.3, 0.4) is 0 Å². The van der Waals surface area contributed by atoms with Gasteiger partial charge in [-0.15, -0.1) is 6.58 Å². The SMILES string of the molecule is C=CCC(C)Nc1nc(OC)ncc1Cl. The number of hydrogen-bond acceptors (Lipinski definition) is 4. The third kappa shape index (κ3) is 3.40. The fourth-order valence-electron chi connectivity index (χ4n) is 1.09. The summed E-state index contributed by atoms with van der Waals surface area (Å²) >= 11 is 5.93. The van der Waals surface area contributed by atoms with E-state index in [-0.39, 0.29) is 6.04 Å². The van der Waals surface area contributed by atoms with Crippen LogP contribution < -0.4 is 10.1 Å². The Kier molecular flexibility index (Phi) is 4.37. The molecule has 0 spiro atoms. The third-order valence-corrected chi connectivity index (χ3v) is 2.08. The highest BCUT2D eigenvalue weighted by Gasteiger charge is 2.07. The number of aromatic nitrogens is 2. The summed E-state index contributed by atoms with van der Waals surface area (Å²) in [4.78, 5) is 7.99. The molecule has 0 aliphatic rings. The molecule has 15 heavy (non-hydrogen) atoms. The Morgan fingerprint density at radius 1 is 1.73 bits per heavy atom. The lowest BCUT2D eigenvalue weighted by molar-refractivity contribution is 0.380. The number of anilines is 1. The van der Waals surface area contributed by atoms with Gasteiger partial charge in [-0.25, -0.2) is 4.98 Å². The highest BCUT2D eigenvalue weighted by molar-refractivity contribution is 6.32. The van der Waals surface area contributed by atoms with Crippen molar-refractivity contribution in [2.45, 2.75) is 19.4 Å². The number of nitrogens with one attached hydrogen (secondary N) is 1. The second-order valence-corrected chi connectivity index (χ2v) is 3.53. The number of ether oxygens (including phenoxy) is 1. The van der Waals surface area contributed by atoms with E-state index in [9.17, 15) is 0 Å². The van der Waals surface area contributed by atoms with Crippen LogP contribution >= 0.6 is 11.6 Å². The standard InChI is InChI=1S/C10H14ClN3O/c1-4-5-7(2)13-9-8(11)6-12-10(14-9)15-3/h4,6-7H,1,5H2,2-3H3,(H,12,13,14). The van der Waals surface area contributed by atoms with E-state index in [4.69, 9.17) is 16.3 Å². The molecule has 0 saturated carbocycles. The van der Waals surface area contributed by atoms with Crippen molar-refractivity contribution in [2.75, 3.05) is 12.4 Å². The highest BCUT2D eigenvalue weighted by atomic mass is 35.5. The molecule has 1 heterocycles. The van der Waals surface area contributed by atoms with Crippen molar-refractivity contribution < 1.29 is 4.74 Å². The van der Waals surface area contributed by atoms with Gasteiger partial charge in [-0.05, 0) is 13.3 Å². The van der Waals surface area contributed by atoms with E-state index in [0.29, 0.717) is 16.9 Å². The van der Waals surface area contributed by atoms with E-state index < -0.39 is 0 Å². The lowest BCUT2D eigenvalue weighted by Crippen LogP contribution is -2.15. The predicted molar refractivity (Wildman–Crippen MR) is 61.5 cm³/mol. The Morgan fingerprint density at radius 2 is 2.47 bits per heavy atom. The van der Waals surface area contributed by atoms with Gasteiger partial charge in [0.15, 0.2) is 5.82 Å². The van der Waals surface area contributed by atoms with Gasteiger partial charge in [0.2, 0.25) is 0 Å². The van der Waals surface area contributed by atoms with E-state index in [1.165, 1.54) is 13.3 Å². The molecule has 4 nitrogen and oxygen atoms in total. The normalized spacial score (nSPS) is 11.9. The van der Waals surface area contributed by atoms with Crippen molar-refractivity contribution in [3.63, 3.8) is 0 Å². The zero-order chi connectivity index (χ0) is 11.3. The first-order valence-electron chi connectivity index (χ1n) is 4.61. The molecule has 0 aliphatic carbocycles. The van der Waals surface area contributed by atoms with Gasteiger partial charge in [-0.1, -0.05) is 17.7 Å². The molecular formula is C10H14ClN3O. The van der Waals surface area contributed by atoms with Gasteiger partial charge in [0.1, 0.15) is 5.02 Å². The summed E-state index contributed by atoms with van der Waals surface area (Å²) < 4.78 is 4.91. The van der Waals surface area contributed by atoms with Crippen LogP contribution in [0.15, 0.2) is 18.9 Å². The molecule has 1 aromatic rings. The van der Waals surface area contributed by atoms with E-state index in [1.807, 2.05) is 13.0 Å². The number of rotatable bonds is 5. The molecule has 1 atom stereocenters. The van der Waals surface area contributed by atoms with E-state index in [0.717, 1.165) is 6.42 Å². The van der Waals surface area contributed by atoms with Crippen molar-refractivity contribution in [1.29, 1.82) is 0 Å². The minimum absolute atomic E-state index is 0.222. The molecule has 0 fully saturated rings. The van der Waals surface area contributed by atoms with Crippen LogP contribution in [0.25, 0.3) is 0 Å². The molecule has 0 aliphatic heterocycles. The number of nitrogens with zero attached hydrogens (tertiary/aromatic N) is 2. The van der Waals surface area contributed by atoms with Gasteiger partial charge >= 0.3 is 6.01 Å². The third-order valence-electron chi connectivity index (χ3n) is 1.81. The van der Waals surface area contributed by atoms with Gasteiger partial charge in [-0.2, -0.15) is 4.98 Å². The average molecular weight is 228 g/mol. The Bertz CT molecular complexity index is 343. The van der Waals surface area contributed by atoms with E-state index in [2.05, 4.69) is 21.9 Å². The lowest BCUT2D eigenvalue weighted by Gasteiger charge is -2.13. The summed E-state index contributed by atoms with van der Waals surface area (Å²) in [6.45, 7) is 5.69. The molecule has 1 aromatic heterocycles. The molecular weight excluding hydrogens is 214 g/mol. The molecule has 0 radical (unpaired) electrons. The maximum Gasteiger partial charge on any atom is 0.318 e. The van der Waals surface area contributed by atoms with Crippen LogP contribution in [0, 0.1) is 0 Å². The van der Waals surface area contributed by atoms with E-state index in [1.54, 1.807) is 0 Å². The van der Waals surface area contributed by atoms with Crippen molar-refractivity contribution in [1.82, 2.24) is 9.97 Å². The maximum absolute atomic E-state index is 5.93. The Hall–Kier alpha value is -1.29. The largest absolute Gasteiger partial charge is 0.467 e. The molecule has 0 amide bonds. The summed E-state index contributed by atoms with van der Waals surface area (Å²) in [6, 6.07) is 0.521. The van der Waals surface area contributed by atoms with Crippen molar-refractivity contribution in [3.8, 4) is 6.01 Å². The quantitative estimate of drug-likeness (QED) is 0.786. The topological polar surface area (TPSA) is 47.0 Å². The minimum Gasteiger partial charge on any atom is -0.467 e. The summed E-state index contributed by atoms with van der Waals surface area (Å²) in [5.41, 5.74) is 0. The Morgan fingerprint density at radius 3 is 3.07 bits per heavy atom. The van der Waals surface area contributed by atoms with E-state index >= 15 is 0 Å². The molecule has 82 valence electrons. The molecule has 1 unspecified atom stereocenters. The lowest BCUT2D eigenvalue weighted by atomic mass is 10.2. The van der Waals surface area contributed by atoms with Gasteiger partial charge in [-0.3, -0.25) is 0 Å². The first-order chi connectivity index (χ1) is 7.17. The second kappa shape index (κ2) is 5.56. The fraction of sp³-hybridized carbons (Fsp3) is 0.400. The van der Waals surface area contributed by atoms with Crippen molar-refractivity contribution >= 4 is 17.4 Å². The average Bonchev–Trinajstić information content (AvgIpc) is 2.21. The zero-order valence-corrected chi connectivity index (χ0v) is 9.58. The van der Waals surface area contributed by atoms with Crippen LogP contribution in [0.4, 0.5) is 5.82 Å². The maximum atomic E-state index is 5.93. The fourth-order valence-corrected chi connectivity index (χ4v) is 1.24. The number of halogens is 1. The monoisotopic (exact) mass is 227 g/mol. The van der Waals surface area contributed by atoms with Gasteiger partial charge in [0.05, 0.1) is 13.3 Å². The minimum atomic E-state index is 0.222. The van der Waals surface area contributed by atoms with Gasteiger partial charge in [0.25, 0.3) is 0 Å². The zero-order valence-electron chi connectivity index (χ0n) is 8.83. The highest BCUT2D eigenvalue weighted by Crippen LogP contribution is 2.21. The van der Waals surface area contributed by atoms with Crippen LogP contribution in [0.1, 0.15) is 13.3 Å². The number of methoxy groups -OCH3 is 1. The first kappa shape index (κ1) is 11.8. The molecule has 0 aromatic carbocycles. The molecule has 5 heteroatoms. The molecule has 0 bridgehead atoms. The summed E-state index contributed by atoms with van der Waals surface area (Å²) in [6.07, 6.45) is 4.18. The van der Waals surface area contributed by atoms with Crippen LogP contribution in [-0.2, 0) is 0 Å². The summed E-state index contributed by atoms with van der Waals surface area (Å²) in [7, 11) is 1.51. The van der Waals surface area contributed by atoms with Crippen molar-refractivity contribution in [3.05, 3.63) is 23.9 Å². The van der Waals surface area contributed by atoms with Gasteiger partial charge in [0, 0.05) is 6.04 Å².